The van der Waals surface area contributed by atoms with Crippen LogP contribution in [0.1, 0.15) is 5.56 Å². The number of nitrogens with zero attached hydrogens (tertiary/aromatic N) is 4. The molecule has 1 saturated heterocycles. The molecule has 6 heteroatoms. The van der Waals surface area contributed by atoms with Crippen molar-refractivity contribution in [2.24, 2.45) is 0 Å². The van der Waals surface area contributed by atoms with Crippen molar-refractivity contribution in [1.29, 1.82) is 0 Å². The molecule has 0 radical (unpaired) electrons. The minimum Gasteiger partial charge on any atom is -0.354 e. The van der Waals surface area contributed by atoms with Gasteiger partial charge in [-0.2, -0.15) is 0 Å². The van der Waals surface area contributed by atoms with Gasteiger partial charge in [0.2, 0.25) is 0 Å². The fourth-order valence-corrected chi connectivity index (χ4v) is 3.12. The number of piperazine rings is 1. The van der Waals surface area contributed by atoms with Crippen LogP contribution >= 0.6 is 11.8 Å². The lowest BCUT2D eigenvalue weighted by Gasteiger charge is -2.33. The van der Waals surface area contributed by atoms with Crippen LogP contribution in [0.15, 0.2) is 41.7 Å². The number of benzene rings is 1. The van der Waals surface area contributed by atoms with Gasteiger partial charge in [0.1, 0.15) is 11.6 Å². The first-order chi connectivity index (χ1) is 10.7. The first-order valence-electron chi connectivity index (χ1n) is 7.34. The van der Waals surface area contributed by atoms with Crippen molar-refractivity contribution >= 4 is 17.6 Å². The molecule has 4 nitrogen and oxygen atoms in total. The van der Waals surface area contributed by atoms with Gasteiger partial charge >= 0.3 is 0 Å². The van der Waals surface area contributed by atoms with Crippen LogP contribution in [0, 0.1) is 5.82 Å². The molecule has 1 aliphatic heterocycles. The fourth-order valence-electron chi connectivity index (χ4n) is 2.34. The Balaban J connectivity index is 1.62. The van der Waals surface area contributed by atoms with Crippen LogP contribution in [0.5, 0.6) is 0 Å². The van der Waals surface area contributed by atoms with Gasteiger partial charge in [-0.3, -0.25) is 0 Å². The van der Waals surface area contributed by atoms with Gasteiger partial charge in [0.25, 0.3) is 0 Å². The van der Waals surface area contributed by atoms with Crippen LogP contribution in [0.25, 0.3) is 0 Å². The Bertz CT molecular complexity index is 612. The van der Waals surface area contributed by atoms with Gasteiger partial charge in [0.15, 0.2) is 5.16 Å². The van der Waals surface area contributed by atoms with Crippen molar-refractivity contribution in [3.63, 3.8) is 0 Å². The maximum Gasteiger partial charge on any atom is 0.189 e. The summed E-state index contributed by atoms with van der Waals surface area (Å²) in [7, 11) is 2.14. The largest absolute Gasteiger partial charge is 0.354 e. The molecule has 0 aliphatic carbocycles. The normalized spacial score (nSPS) is 16.0. The van der Waals surface area contributed by atoms with E-state index in [0.717, 1.165) is 48.5 Å². The van der Waals surface area contributed by atoms with Crippen molar-refractivity contribution < 1.29 is 4.39 Å². The lowest BCUT2D eigenvalue weighted by Crippen LogP contribution is -2.44. The summed E-state index contributed by atoms with van der Waals surface area (Å²) < 4.78 is 12.9. The molecule has 22 heavy (non-hydrogen) atoms. The molecule has 0 amide bonds. The number of rotatable bonds is 4. The standard InChI is InChI=1S/C16H19FN4S/c1-20-8-10-21(11-9-20)15-6-7-18-16(19-15)22-12-13-2-4-14(17)5-3-13/h2-7H,8-12H2,1H3. The topological polar surface area (TPSA) is 32.3 Å². The fraction of sp³-hybridized carbons (Fsp3) is 0.375. The maximum absolute atomic E-state index is 12.9. The van der Waals surface area contributed by atoms with Crippen LogP contribution in [0.4, 0.5) is 10.2 Å². The molecule has 2 heterocycles. The molecule has 0 bridgehead atoms. The molecular formula is C16H19FN4S. The third-order valence-electron chi connectivity index (χ3n) is 3.73. The smallest absolute Gasteiger partial charge is 0.189 e. The second-order valence-corrected chi connectivity index (χ2v) is 6.35. The van der Waals surface area contributed by atoms with Gasteiger partial charge in [-0.1, -0.05) is 23.9 Å². The molecule has 1 aliphatic rings. The Morgan fingerprint density at radius 1 is 1.09 bits per heavy atom. The molecule has 1 fully saturated rings. The zero-order chi connectivity index (χ0) is 15.4. The van der Waals surface area contributed by atoms with Crippen LogP contribution in [0.3, 0.4) is 0 Å². The Morgan fingerprint density at radius 2 is 1.82 bits per heavy atom. The molecule has 3 rings (SSSR count). The second-order valence-electron chi connectivity index (χ2n) is 5.40. The quantitative estimate of drug-likeness (QED) is 0.639. The summed E-state index contributed by atoms with van der Waals surface area (Å²) in [5.41, 5.74) is 1.07. The number of hydrogen-bond donors (Lipinski definition) is 0. The Labute approximate surface area is 134 Å². The maximum atomic E-state index is 12.9. The van der Waals surface area contributed by atoms with Crippen molar-refractivity contribution in [2.75, 3.05) is 38.1 Å². The van der Waals surface area contributed by atoms with Crippen LogP contribution in [-0.2, 0) is 5.75 Å². The van der Waals surface area contributed by atoms with Gasteiger partial charge in [-0.25, -0.2) is 14.4 Å². The van der Waals surface area contributed by atoms with E-state index in [0.29, 0.717) is 0 Å². The van der Waals surface area contributed by atoms with Crippen LogP contribution in [-0.4, -0.2) is 48.1 Å². The molecule has 0 spiro atoms. The minimum atomic E-state index is -0.206. The molecule has 116 valence electrons. The summed E-state index contributed by atoms with van der Waals surface area (Å²) in [4.78, 5) is 13.6. The highest BCUT2D eigenvalue weighted by Gasteiger charge is 2.15. The third-order valence-corrected chi connectivity index (χ3v) is 4.66. The van der Waals surface area contributed by atoms with E-state index >= 15 is 0 Å². The highest BCUT2D eigenvalue weighted by atomic mass is 32.2. The second kappa shape index (κ2) is 7.07. The van der Waals surface area contributed by atoms with E-state index in [9.17, 15) is 4.39 Å². The monoisotopic (exact) mass is 318 g/mol. The molecule has 0 unspecified atom stereocenters. The van der Waals surface area contributed by atoms with E-state index in [1.807, 2.05) is 12.3 Å². The lowest BCUT2D eigenvalue weighted by atomic mass is 10.2. The van der Waals surface area contributed by atoms with Gasteiger partial charge in [-0.05, 0) is 30.8 Å². The zero-order valence-electron chi connectivity index (χ0n) is 12.6. The third kappa shape index (κ3) is 3.96. The highest BCUT2D eigenvalue weighted by molar-refractivity contribution is 7.98. The molecule has 2 aromatic rings. The average Bonchev–Trinajstić information content (AvgIpc) is 2.55. The van der Waals surface area contributed by atoms with E-state index in [4.69, 9.17) is 0 Å². The number of anilines is 1. The lowest BCUT2D eigenvalue weighted by molar-refractivity contribution is 0.312. The predicted molar refractivity (Wildman–Crippen MR) is 87.7 cm³/mol. The van der Waals surface area contributed by atoms with Gasteiger partial charge in [0, 0.05) is 38.1 Å². The molecule has 1 aromatic carbocycles. The average molecular weight is 318 g/mol. The Morgan fingerprint density at radius 3 is 2.55 bits per heavy atom. The Hall–Kier alpha value is -1.66. The first kappa shape index (κ1) is 15.2. The van der Waals surface area contributed by atoms with E-state index < -0.39 is 0 Å². The van der Waals surface area contributed by atoms with Gasteiger partial charge in [-0.15, -0.1) is 0 Å². The summed E-state index contributed by atoms with van der Waals surface area (Å²) in [5.74, 6) is 1.53. The summed E-state index contributed by atoms with van der Waals surface area (Å²) in [6.07, 6.45) is 1.81. The molecule has 0 N–H and O–H groups in total. The van der Waals surface area contributed by atoms with Crippen molar-refractivity contribution in [3.8, 4) is 0 Å². The number of likely N-dealkylation sites (N-methyl/N-ethyl adjacent to an activating group) is 1. The van der Waals surface area contributed by atoms with Gasteiger partial charge < -0.3 is 9.80 Å². The van der Waals surface area contributed by atoms with Crippen molar-refractivity contribution in [3.05, 3.63) is 47.9 Å². The zero-order valence-corrected chi connectivity index (χ0v) is 13.4. The van der Waals surface area contributed by atoms with Crippen molar-refractivity contribution in [2.45, 2.75) is 10.9 Å². The minimum absolute atomic E-state index is 0.206. The molecule has 1 aromatic heterocycles. The van der Waals surface area contributed by atoms with E-state index in [1.165, 1.54) is 12.1 Å². The number of hydrogen-bond acceptors (Lipinski definition) is 5. The number of halogens is 1. The number of thioether (sulfide) groups is 1. The van der Waals surface area contributed by atoms with Crippen molar-refractivity contribution in [1.82, 2.24) is 14.9 Å². The first-order valence-corrected chi connectivity index (χ1v) is 8.33. The van der Waals surface area contributed by atoms with E-state index in [2.05, 4.69) is 26.8 Å². The summed E-state index contributed by atoms with van der Waals surface area (Å²) in [6, 6.07) is 8.53. The van der Waals surface area contributed by atoms with E-state index in [1.54, 1.807) is 23.9 Å². The molecular weight excluding hydrogens is 299 g/mol. The molecule has 0 atom stereocenters. The SMILES string of the molecule is CN1CCN(c2ccnc(SCc3ccc(F)cc3)n2)CC1. The van der Waals surface area contributed by atoms with Crippen LogP contribution in [0.2, 0.25) is 0 Å². The van der Waals surface area contributed by atoms with Crippen LogP contribution < -0.4 is 4.90 Å². The van der Waals surface area contributed by atoms with E-state index in [-0.39, 0.29) is 5.82 Å². The molecule has 0 saturated carbocycles. The Kier molecular flexibility index (Phi) is 4.90. The summed E-state index contributed by atoms with van der Waals surface area (Å²) in [6.45, 7) is 4.11. The number of aromatic nitrogens is 2. The summed E-state index contributed by atoms with van der Waals surface area (Å²) >= 11 is 1.58. The highest BCUT2D eigenvalue weighted by Crippen LogP contribution is 2.22. The van der Waals surface area contributed by atoms with Gasteiger partial charge in [0.05, 0.1) is 0 Å². The summed E-state index contributed by atoms with van der Waals surface area (Å²) in [5, 5.41) is 0.765. The predicted octanol–water partition coefficient (Wildman–Crippen LogP) is 2.66.